The van der Waals surface area contributed by atoms with Crippen LogP contribution in [0.15, 0.2) is 42.9 Å². The number of aryl methyl sites for hydroxylation is 1. The molecule has 1 aliphatic rings. The Morgan fingerprint density at radius 2 is 1.97 bits per heavy atom. The Morgan fingerprint density at radius 3 is 2.72 bits per heavy atom. The third-order valence-electron chi connectivity index (χ3n) is 4.60. The minimum absolute atomic E-state index is 0.395. The van der Waals surface area contributed by atoms with E-state index >= 15 is 0 Å². The molecule has 9 heteroatoms. The fourth-order valence-corrected chi connectivity index (χ4v) is 3.31. The first-order valence-electron chi connectivity index (χ1n) is 9.35. The smallest absolute Gasteiger partial charge is 0.227 e. The summed E-state index contributed by atoms with van der Waals surface area (Å²) in [6.07, 6.45) is 5.48. The molecule has 0 unspecified atom stereocenters. The lowest BCUT2D eigenvalue weighted by atomic mass is 10.2. The van der Waals surface area contributed by atoms with E-state index in [-0.39, 0.29) is 0 Å². The summed E-state index contributed by atoms with van der Waals surface area (Å²) in [6, 6.07) is 10.3. The second-order valence-electron chi connectivity index (χ2n) is 6.56. The van der Waals surface area contributed by atoms with Crippen LogP contribution in [0.4, 0.5) is 17.3 Å². The van der Waals surface area contributed by atoms with E-state index in [1.165, 1.54) is 5.69 Å². The Labute approximate surface area is 173 Å². The Bertz CT molecular complexity index is 1010. The van der Waals surface area contributed by atoms with Gasteiger partial charge < -0.3 is 15.0 Å². The van der Waals surface area contributed by atoms with E-state index in [4.69, 9.17) is 21.6 Å². The number of anilines is 3. The van der Waals surface area contributed by atoms with Crippen molar-refractivity contribution < 1.29 is 4.74 Å². The molecule has 148 valence electrons. The van der Waals surface area contributed by atoms with Crippen LogP contribution in [0.2, 0.25) is 5.02 Å². The molecule has 1 aromatic carbocycles. The molecule has 3 heterocycles. The van der Waals surface area contributed by atoms with Crippen molar-refractivity contribution in [1.82, 2.24) is 19.7 Å². The van der Waals surface area contributed by atoms with E-state index < -0.39 is 0 Å². The Kier molecular flexibility index (Phi) is 5.89. The highest BCUT2D eigenvalue weighted by Crippen LogP contribution is 2.27. The molecule has 0 spiro atoms. The van der Waals surface area contributed by atoms with E-state index in [1.54, 1.807) is 17.1 Å². The quantitative estimate of drug-likeness (QED) is 0.666. The maximum Gasteiger partial charge on any atom is 0.227 e. The molecule has 29 heavy (non-hydrogen) atoms. The van der Waals surface area contributed by atoms with Crippen LogP contribution in [0.1, 0.15) is 6.42 Å². The monoisotopic (exact) mass is 409 g/mol. The molecule has 0 atom stereocenters. The minimum atomic E-state index is 0.395. The van der Waals surface area contributed by atoms with Crippen molar-refractivity contribution in [3.05, 3.63) is 47.9 Å². The summed E-state index contributed by atoms with van der Waals surface area (Å²) in [6.45, 7) is 3.85. The van der Waals surface area contributed by atoms with Gasteiger partial charge in [0.15, 0.2) is 0 Å². The van der Waals surface area contributed by atoms with Gasteiger partial charge in [0.2, 0.25) is 5.95 Å². The number of nitrogens with zero attached hydrogens (tertiary/aromatic N) is 6. The molecule has 1 aliphatic heterocycles. The molecule has 0 saturated carbocycles. The van der Waals surface area contributed by atoms with Gasteiger partial charge in [-0.05, 0) is 24.3 Å². The van der Waals surface area contributed by atoms with Crippen molar-refractivity contribution in [3.63, 3.8) is 0 Å². The Balaban J connectivity index is 1.49. The van der Waals surface area contributed by atoms with Gasteiger partial charge >= 0.3 is 0 Å². The van der Waals surface area contributed by atoms with Gasteiger partial charge in [-0.1, -0.05) is 11.6 Å². The van der Waals surface area contributed by atoms with E-state index in [0.29, 0.717) is 29.6 Å². The average Bonchev–Trinajstić information content (AvgIpc) is 3.23. The zero-order valence-corrected chi connectivity index (χ0v) is 16.5. The van der Waals surface area contributed by atoms with E-state index in [2.05, 4.69) is 43.5 Å². The second-order valence-corrected chi connectivity index (χ2v) is 6.97. The van der Waals surface area contributed by atoms with Crippen molar-refractivity contribution in [3.8, 4) is 17.3 Å². The number of aromatic nitrogens is 4. The molecule has 0 radical (unpaired) electrons. The summed E-state index contributed by atoms with van der Waals surface area (Å²) in [7, 11) is 0. The SMILES string of the molecule is N#CCCn1cc(-c2nc(Nc3ccc(N4CCOCC4)cc3)ncc2Cl)cn1. The van der Waals surface area contributed by atoms with Gasteiger partial charge in [0.05, 0.1) is 55.4 Å². The lowest BCUT2D eigenvalue weighted by Crippen LogP contribution is -2.36. The maximum atomic E-state index is 8.71. The first kappa shape index (κ1) is 19.2. The number of hydrogen-bond acceptors (Lipinski definition) is 7. The average molecular weight is 410 g/mol. The summed E-state index contributed by atoms with van der Waals surface area (Å²) in [4.78, 5) is 11.1. The second kappa shape index (κ2) is 8.90. The molecule has 3 aromatic rings. The van der Waals surface area contributed by atoms with Gasteiger partial charge in [-0.15, -0.1) is 0 Å². The summed E-state index contributed by atoms with van der Waals surface area (Å²) in [5.74, 6) is 0.452. The van der Waals surface area contributed by atoms with Crippen molar-refractivity contribution in [2.45, 2.75) is 13.0 Å². The lowest BCUT2D eigenvalue weighted by molar-refractivity contribution is 0.122. The molecule has 1 fully saturated rings. The van der Waals surface area contributed by atoms with Crippen LogP contribution in [0, 0.1) is 11.3 Å². The van der Waals surface area contributed by atoms with Crippen LogP contribution in [0.3, 0.4) is 0 Å². The fourth-order valence-electron chi connectivity index (χ4n) is 3.11. The number of nitrogens with one attached hydrogen (secondary N) is 1. The van der Waals surface area contributed by atoms with Gasteiger partial charge in [-0.3, -0.25) is 4.68 Å². The van der Waals surface area contributed by atoms with Crippen molar-refractivity contribution in [2.24, 2.45) is 0 Å². The number of halogens is 1. The van der Waals surface area contributed by atoms with E-state index in [9.17, 15) is 0 Å². The van der Waals surface area contributed by atoms with Crippen LogP contribution in [-0.4, -0.2) is 46.1 Å². The van der Waals surface area contributed by atoms with Crippen LogP contribution in [0.5, 0.6) is 0 Å². The molecule has 2 aromatic heterocycles. The van der Waals surface area contributed by atoms with E-state index in [0.717, 1.165) is 37.6 Å². The number of benzene rings is 1. The molecule has 0 amide bonds. The third-order valence-corrected chi connectivity index (χ3v) is 4.88. The molecule has 1 N–H and O–H groups in total. The number of ether oxygens (including phenoxy) is 1. The predicted molar refractivity (Wildman–Crippen MR) is 111 cm³/mol. The van der Waals surface area contributed by atoms with Crippen LogP contribution in [0.25, 0.3) is 11.3 Å². The number of nitriles is 1. The lowest BCUT2D eigenvalue weighted by Gasteiger charge is -2.28. The van der Waals surface area contributed by atoms with Crippen molar-refractivity contribution in [2.75, 3.05) is 36.5 Å². The molecule has 4 rings (SSSR count). The predicted octanol–water partition coefficient (Wildman–Crippen LogP) is 3.49. The molecule has 1 saturated heterocycles. The summed E-state index contributed by atoms with van der Waals surface area (Å²) in [5.41, 5.74) is 3.43. The van der Waals surface area contributed by atoms with Gasteiger partial charge in [0.25, 0.3) is 0 Å². The summed E-state index contributed by atoms with van der Waals surface area (Å²) in [5, 5.41) is 16.6. The normalized spacial score (nSPS) is 13.9. The number of rotatable bonds is 6. The van der Waals surface area contributed by atoms with Crippen LogP contribution >= 0.6 is 11.6 Å². The zero-order chi connectivity index (χ0) is 20.1. The molecule has 0 bridgehead atoms. The third kappa shape index (κ3) is 4.65. The molecule has 0 aliphatic carbocycles. The van der Waals surface area contributed by atoms with Crippen LogP contribution in [-0.2, 0) is 11.3 Å². The van der Waals surface area contributed by atoms with Crippen LogP contribution < -0.4 is 10.2 Å². The number of hydrogen-bond donors (Lipinski definition) is 1. The minimum Gasteiger partial charge on any atom is -0.378 e. The largest absolute Gasteiger partial charge is 0.378 e. The van der Waals surface area contributed by atoms with Gasteiger partial charge in [0, 0.05) is 36.2 Å². The Morgan fingerprint density at radius 1 is 1.17 bits per heavy atom. The van der Waals surface area contributed by atoms with Gasteiger partial charge in [0.1, 0.15) is 0 Å². The highest BCUT2D eigenvalue weighted by Gasteiger charge is 2.13. The fraction of sp³-hybridized carbons (Fsp3) is 0.300. The zero-order valence-electron chi connectivity index (χ0n) is 15.8. The summed E-state index contributed by atoms with van der Waals surface area (Å²) >= 11 is 6.30. The van der Waals surface area contributed by atoms with E-state index in [1.807, 2.05) is 18.3 Å². The van der Waals surface area contributed by atoms with Gasteiger partial charge in [-0.25, -0.2) is 9.97 Å². The first-order valence-corrected chi connectivity index (χ1v) is 9.73. The van der Waals surface area contributed by atoms with Crippen molar-refractivity contribution >= 4 is 28.9 Å². The maximum absolute atomic E-state index is 8.71. The topological polar surface area (TPSA) is 91.9 Å². The molecule has 8 nitrogen and oxygen atoms in total. The Hall–Kier alpha value is -3.15. The summed E-state index contributed by atoms with van der Waals surface area (Å²) < 4.78 is 7.10. The standard InChI is InChI=1S/C20H20ClN7O/c21-18-13-23-20(26-19(18)15-12-24-28(14-15)7-1-6-22)25-16-2-4-17(5-3-16)27-8-10-29-11-9-27/h2-5,12-14H,1,7-11H2,(H,23,25,26). The van der Waals surface area contributed by atoms with Gasteiger partial charge in [-0.2, -0.15) is 10.4 Å². The number of morpholine rings is 1. The highest BCUT2D eigenvalue weighted by molar-refractivity contribution is 6.32. The molecular formula is C20H20ClN7O. The molecular weight excluding hydrogens is 390 g/mol. The first-order chi connectivity index (χ1) is 14.2. The highest BCUT2D eigenvalue weighted by atomic mass is 35.5. The van der Waals surface area contributed by atoms with Crippen molar-refractivity contribution in [1.29, 1.82) is 5.26 Å².